The van der Waals surface area contributed by atoms with Crippen LogP contribution in [-0.2, 0) is 0 Å². The molecule has 0 spiro atoms. The maximum Gasteiger partial charge on any atom is 0.0563 e. The Hall–Kier alpha value is -0.0400. The molecular weight excluding hydrogens is 184 g/mol. The Kier molecular flexibility index (Phi) is 9.18. The molecule has 1 N–H and O–H groups in total. The molecule has 0 bridgehead atoms. The second-order valence-corrected chi connectivity index (χ2v) is 5.13. The predicted octanol–water partition coefficient (Wildman–Crippen LogP) is 4.39. The molecule has 0 aromatic rings. The molecule has 0 aliphatic heterocycles. The van der Waals surface area contributed by atoms with Gasteiger partial charge in [0.2, 0.25) is 0 Å². The van der Waals surface area contributed by atoms with Gasteiger partial charge in [-0.3, -0.25) is 0 Å². The number of aliphatic hydroxyl groups is 1. The normalized spacial score (nSPS) is 17.4. The molecule has 3 atom stereocenters. The maximum absolute atomic E-state index is 9.63. The molecule has 92 valence electrons. The van der Waals surface area contributed by atoms with Gasteiger partial charge in [0.25, 0.3) is 0 Å². The second kappa shape index (κ2) is 9.21. The van der Waals surface area contributed by atoms with Crippen LogP contribution in [0.25, 0.3) is 0 Å². The van der Waals surface area contributed by atoms with Crippen LogP contribution in [0.15, 0.2) is 0 Å². The molecule has 1 heteroatoms. The van der Waals surface area contributed by atoms with Crippen LogP contribution in [0, 0.1) is 11.8 Å². The monoisotopic (exact) mass is 214 g/mol. The number of hydrogen-bond donors (Lipinski definition) is 1. The van der Waals surface area contributed by atoms with Gasteiger partial charge in [0.05, 0.1) is 6.10 Å². The molecule has 0 aromatic carbocycles. The highest BCUT2D eigenvalue weighted by atomic mass is 16.3. The molecule has 0 saturated carbocycles. The minimum Gasteiger partial charge on any atom is -0.393 e. The second-order valence-electron chi connectivity index (χ2n) is 5.13. The molecular formula is C14H30O. The van der Waals surface area contributed by atoms with E-state index in [1.807, 2.05) is 0 Å². The van der Waals surface area contributed by atoms with Gasteiger partial charge in [0.1, 0.15) is 0 Å². The van der Waals surface area contributed by atoms with Gasteiger partial charge in [-0.05, 0) is 24.7 Å². The Labute approximate surface area is 96.3 Å². The zero-order valence-electron chi connectivity index (χ0n) is 11.1. The first-order valence-electron chi connectivity index (χ1n) is 6.79. The summed E-state index contributed by atoms with van der Waals surface area (Å²) < 4.78 is 0. The van der Waals surface area contributed by atoms with Crippen molar-refractivity contribution in [3.8, 4) is 0 Å². The van der Waals surface area contributed by atoms with Gasteiger partial charge in [-0.1, -0.05) is 59.8 Å². The van der Waals surface area contributed by atoms with Crippen molar-refractivity contribution in [1.29, 1.82) is 0 Å². The highest BCUT2D eigenvalue weighted by molar-refractivity contribution is 4.63. The lowest BCUT2D eigenvalue weighted by Gasteiger charge is -2.18. The fraction of sp³-hybridized carbons (Fsp3) is 1.00. The molecule has 0 amide bonds. The smallest absolute Gasteiger partial charge is 0.0563 e. The Balaban J connectivity index is 3.43. The van der Waals surface area contributed by atoms with Crippen LogP contribution in [0.1, 0.15) is 72.6 Å². The molecule has 0 saturated heterocycles. The van der Waals surface area contributed by atoms with E-state index in [1.54, 1.807) is 0 Å². The molecule has 0 rings (SSSR count). The standard InChI is InChI=1S/C14H30O/c1-5-7-9-12(3)10-8-11-13(4)14(15)6-2/h12-15H,5-11H2,1-4H3. The van der Waals surface area contributed by atoms with Crippen molar-refractivity contribution in [2.45, 2.75) is 78.7 Å². The minimum atomic E-state index is -0.0871. The van der Waals surface area contributed by atoms with Crippen LogP contribution < -0.4 is 0 Å². The van der Waals surface area contributed by atoms with Crippen LogP contribution in [-0.4, -0.2) is 11.2 Å². The summed E-state index contributed by atoms with van der Waals surface area (Å²) in [5.74, 6) is 1.35. The Morgan fingerprint density at radius 1 is 0.933 bits per heavy atom. The summed E-state index contributed by atoms with van der Waals surface area (Å²) in [4.78, 5) is 0. The fourth-order valence-electron chi connectivity index (χ4n) is 2.08. The molecule has 0 aliphatic rings. The number of aliphatic hydroxyl groups excluding tert-OH is 1. The van der Waals surface area contributed by atoms with Crippen LogP contribution in [0.5, 0.6) is 0 Å². The third-order valence-electron chi connectivity index (χ3n) is 3.48. The third-order valence-corrected chi connectivity index (χ3v) is 3.48. The van der Waals surface area contributed by atoms with E-state index in [0.29, 0.717) is 5.92 Å². The summed E-state index contributed by atoms with van der Waals surface area (Å²) in [5.41, 5.74) is 0. The summed E-state index contributed by atoms with van der Waals surface area (Å²) in [6, 6.07) is 0. The van der Waals surface area contributed by atoms with E-state index < -0.39 is 0 Å². The highest BCUT2D eigenvalue weighted by Gasteiger charge is 2.12. The van der Waals surface area contributed by atoms with E-state index in [4.69, 9.17) is 0 Å². The summed E-state index contributed by atoms with van der Waals surface area (Å²) in [6.07, 6.45) is 8.67. The van der Waals surface area contributed by atoms with Gasteiger partial charge >= 0.3 is 0 Å². The van der Waals surface area contributed by atoms with Gasteiger partial charge in [-0.25, -0.2) is 0 Å². The van der Waals surface area contributed by atoms with Gasteiger partial charge in [0.15, 0.2) is 0 Å². The molecule has 1 nitrogen and oxygen atoms in total. The Morgan fingerprint density at radius 2 is 1.53 bits per heavy atom. The number of unbranched alkanes of at least 4 members (excludes halogenated alkanes) is 1. The van der Waals surface area contributed by atoms with Crippen molar-refractivity contribution >= 4 is 0 Å². The lowest BCUT2D eigenvalue weighted by atomic mass is 9.92. The van der Waals surface area contributed by atoms with Crippen molar-refractivity contribution in [3.05, 3.63) is 0 Å². The van der Waals surface area contributed by atoms with E-state index in [9.17, 15) is 5.11 Å². The topological polar surface area (TPSA) is 20.2 Å². The lowest BCUT2D eigenvalue weighted by molar-refractivity contribution is 0.106. The quantitative estimate of drug-likeness (QED) is 0.603. The van der Waals surface area contributed by atoms with E-state index >= 15 is 0 Å². The van der Waals surface area contributed by atoms with E-state index in [1.165, 1.54) is 38.5 Å². The van der Waals surface area contributed by atoms with Crippen molar-refractivity contribution < 1.29 is 5.11 Å². The SMILES string of the molecule is CCCCC(C)CCCC(C)C(O)CC. The van der Waals surface area contributed by atoms with Crippen molar-refractivity contribution in [2.24, 2.45) is 11.8 Å². The third kappa shape index (κ3) is 7.84. The molecule has 0 aliphatic carbocycles. The summed E-state index contributed by atoms with van der Waals surface area (Å²) in [5, 5.41) is 9.63. The van der Waals surface area contributed by atoms with Crippen LogP contribution >= 0.6 is 0 Å². The molecule has 15 heavy (non-hydrogen) atoms. The van der Waals surface area contributed by atoms with E-state index in [2.05, 4.69) is 27.7 Å². The predicted molar refractivity (Wildman–Crippen MR) is 68.0 cm³/mol. The van der Waals surface area contributed by atoms with Crippen molar-refractivity contribution in [3.63, 3.8) is 0 Å². The number of hydrogen-bond acceptors (Lipinski definition) is 1. The lowest BCUT2D eigenvalue weighted by Crippen LogP contribution is -2.16. The largest absolute Gasteiger partial charge is 0.393 e. The van der Waals surface area contributed by atoms with Crippen molar-refractivity contribution in [2.75, 3.05) is 0 Å². The van der Waals surface area contributed by atoms with E-state index in [-0.39, 0.29) is 6.10 Å². The molecule has 0 heterocycles. The van der Waals surface area contributed by atoms with Gasteiger partial charge < -0.3 is 5.11 Å². The minimum absolute atomic E-state index is 0.0871. The highest BCUT2D eigenvalue weighted by Crippen LogP contribution is 2.19. The fourth-order valence-corrected chi connectivity index (χ4v) is 2.08. The van der Waals surface area contributed by atoms with Gasteiger partial charge in [0, 0.05) is 0 Å². The molecule has 0 radical (unpaired) electrons. The Bertz CT molecular complexity index is 133. The molecule has 0 fully saturated rings. The summed E-state index contributed by atoms with van der Waals surface area (Å²) in [7, 11) is 0. The summed E-state index contributed by atoms with van der Waals surface area (Å²) >= 11 is 0. The zero-order chi connectivity index (χ0) is 11.7. The van der Waals surface area contributed by atoms with E-state index in [0.717, 1.165) is 12.3 Å². The molecule has 0 aromatic heterocycles. The number of rotatable bonds is 9. The Morgan fingerprint density at radius 3 is 2.07 bits per heavy atom. The van der Waals surface area contributed by atoms with Crippen LogP contribution in [0.2, 0.25) is 0 Å². The van der Waals surface area contributed by atoms with Gasteiger partial charge in [-0.2, -0.15) is 0 Å². The first-order valence-corrected chi connectivity index (χ1v) is 6.79. The zero-order valence-corrected chi connectivity index (χ0v) is 11.1. The van der Waals surface area contributed by atoms with Crippen LogP contribution in [0.3, 0.4) is 0 Å². The summed E-state index contributed by atoms with van der Waals surface area (Å²) in [6.45, 7) is 8.85. The first-order chi connectivity index (χ1) is 7.11. The first kappa shape index (κ1) is 15.0. The van der Waals surface area contributed by atoms with Crippen molar-refractivity contribution in [1.82, 2.24) is 0 Å². The average molecular weight is 214 g/mol. The molecule has 3 unspecified atom stereocenters. The van der Waals surface area contributed by atoms with Crippen LogP contribution in [0.4, 0.5) is 0 Å². The van der Waals surface area contributed by atoms with Gasteiger partial charge in [-0.15, -0.1) is 0 Å². The average Bonchev–Trinajstić information content (AvgIpc) is 2.24. The maximum atomic E-state index is 9.63.